The molecule has 0 radical (unpaired) electrons. The molecule has 0 aliphatic heterocycles. The van der Waals surface area contributed by atoms with Crippen molar-refractivity contribution in [3.63, 3.8) is 0 Å². The predicted octanol–water partition coefficient (Wildman–Crippen LogP) is 4.43. The van der Waals surface area contributed by atoms with E-state index in [2.05, 4.69) is 4.98 Å². The molecule has 0 unspecified atom stereocenters. The highest BCUT2D eigenvalue weighted by Crippen LogP contribution is 2.39. The van der Waals surface area contributed by atoms with Gasteiger partial charge in [0.1, 0.15) is 5.75 Å². The average molecular weight is 309 g/mol. The van der Waals surface area contributed by atoms with Crippen molar-refractivity contribution in [2.45, 2.75) is 33.1 Å². The Morgan fingerprint density at radius 2 is 1.95 bits per heavy atom. The van der Waals surface area contributed by atoms with E-state index in [1.165, 1.54) is 25.3 Å². The van der Waals surface area contributed by atoms with Crippen LogP contribution in [0.2, 0.25) is 0 Å². The summed E-state index contributed by atoms with van der Waals surface area (Å²) < 4.78 is 48.7. The molecule has 5 heteroatoms. The fourth-order valence-corrected chi connectivity index (χ4v) is 2.27. The summed E-state index contributed by atoms with van der Waals surface area (Å²) in [5, 5.41) is 10.1. The zero-order valence-electron chi connectivity index (χ0n) is 14.9. The van der Waals surface area contributed by atoms with E-state index in [4.69, 9.17) is 7.48 Å². The highest BCUT2D eigenvalue weighted by molar-refractivity contribution is 5.68. The fraction of sp³-hybridized carbons (Fsp3) is 0.353. The molecular formula is C17H19F2NO2. The van der Waals surface area contributed by atoms with Crippen LogP contribution < -0.4 is 4.74 Å². The van der Waals surface area contributed by atoms with Gasteiger partial charge in [0.2, 0.25) is 5.88 Å². The molecule has 0 saturated carbocycles. The molecule has 0 saturated heterocycles. The minimum atomic E-state index is -1.96. The van der Waals surface area contributed by atoms with Gasteiger partial charge in [0.15, 0.2) is 11.6 Å². The third kappa shape index (κ3) is 3.03. The molecule has 0 fully saturated rings. The minimum Gasteiger partial charge on any atom is -0.508 e. The van der Waals surface area contributed by atoms with Crippen LogP contribution in [0.1, 0.15) is 36.0 Å². The zero-order valence-corrected chi connectivity index (χ0v) is 12.9. The lowest BCUT2D eigenvalue weighted by Crippen LogP contribution is -2.15. The summed E-state index contributed by atoms with van der Waals surface area (Å²) in [6, 6.07) is 3.86. The molecular weight excluding hydrogens is 288 g/mol. The van der Waals surface area contributed by atoms with Crippen LogP contribution in [0.3, 0.4) is 0 Å². The summed E-state index contributed by atoms with van der Waals surface area (Å²) >= 11 is 0. The van der Waals surface area contributed by atoms with Gasteiger partial charge in [0.25, 0.3) is 0 Å². The number of phenols is 1. The van der Waals surface area contributed by atoms with E-state index < -0.39 is 23.6 Å². The quantitative estimate of drug-likeness (QED) is 0.912. The Morgan fingerprint density at radius 3 is 2.55 bits per heavy atom. The number of halogens is 2. The molecule has 0 bridgehead atoms. The van der Waals surface area contributed by atoms with Crippen molar-refractivity contribution >= 4 is 0 Å². The van der Waals surface area contributed by atoms with Crippen molar-refractivity contribution < 1.29 is 21.4 Å². The lowest BCUT2D eigenvalue weighted by molar-refractivity contribution is 0.327. The number of rotatable bonds is 3. The van der Waals surface area contributed by atoms with E-state index in [1.807, 2.05) is 0 Å². The SMILES string of the molecule is [2H]C([2H])(C)Oc1cc(-c2cc(O)c(C(C)(C)C)c(F)c2F)ccn1. The molecule has 1 aromatic heterocycles. The molecule has 0 amide bonds. The van der Waals surface area contributed by atoms with Crippen LogP contribution in [0.25, 0.3) is 11.1 Å². The Balaban J connectivity index is 2.57. The van der Waals surface area contributed by atoms with Crippen molar-refractivity contribution in [3.05, 3.63) is 41.6 Å². The first kappa shape index (κ1) is 13.5. The number of pyridine rings is 1. The summed E-state index contributed by atoms with van der Waals surface area (Å²) in [4.78, 5) is 3.84. The number of benzene rings is 1. The van der Waals surface area contributed by atoms with Crippen LogP contribution in [-0.4, -0.2) is 16.6 Å². The van der Waals surface area contributed by atoms with Crippen molar-refractivity contribution in [1.82, 2.24) is 4.98 Å². The first-order valence-corrected chi connectivity index (χ1v) is 6.77. The van der Waals surface area contributed by atoms with Gasteiger partial charge in [-0.2, -0.15) is 0 Å². The molecule has 1 heterocycles. The van der Waals surface area contributed by atoms with Gasteiger partial charge >= 0.3 is 0 Å². The second kappa shape index (κ2) is 5.91. The van der Waals surface area contributed by atoms with E-state index in [9.17, 15) is 13.9 Å². The third-order valence-corrected chi connectivity index (χ3v) is 3.19. The molecule has 22 heavy (non-hydrogen) atoms. The van der Waals surface area contributed by atoms with E-state index in [1.54, 1.807) is 20.8 Å². The Morgan fingerprint density at radius 1 is 1.27 bits per heavy atom. The highest BCUT2D eigenvalue weighted by Gasteiger charge is 2.27. The summed E-state index contributed by atoms with van der Waals surface area (Å²) in [5.74, 6) is -2.61. The first-order valence-electron chi connectivity index (χ1n) is 7.77. The lowest BCUT2D eigenvalue weighted by atomic mass is 9.84. The van der Waals surface area contributed by atoms with Crippen LogP contribution in [0.5, 0.6) is 11.6 Å². The molecule has 0 aliphatic carbocycles. The van der Waals surface area contributed by atoms with Crippen LogP contribution in [-0.2, 0) is 5.41 Å². The van der Waals surface area contributed by atoms with Gasteiger partial charge in [-0.15, -0.1) is 0 Å². The van der Waals surface area contributed by atoms with Gasteiger partial charge in [-0.05, 0) is 30.0 Å². The maximum absolute atomic E-state index is 14.5. The van der Waals surface area contributed by atoms with Crippen LogP contribution in [0, 0.1) is 11.6 Å². The molecule has 2 aromatic rings. The number of ether oxygens (including phenoxy) is 1. The van der Waals surface area contributed by atoms with E-state index in [-0.39, 0.29) is 28.3 Å². The molecule has 1 N–H and O–H groups in total. The summed E-state index contributed by atoms with van der Waals surface area (Å²) in [7, 11) is 0. The van der Waals surface area contributed by atoms with Gasteiger partial charge in [-0.1, -0.05) is 20.8 Å². The second-order valence-corrected chi connectivity index (χ2v) is 5.89. The van der Waals surface area contributed by atoms with Gasteiger partial charge in [0, 0.05) is 23.4 Å². The first-order chi connectivity index (χ1) is 10.9. The van der Waals surface area contributed by atoms with Gasteiger partial charge in [0.05, 0.1) is 9.30 Å². The number of aromatic hydroxyl groups is 1. The summed E-state index contributed by atoms with van der Waals surface area (Å²) in [5.41, 5.74) is -0.796. The molecule has 1 aromatic carbocycles. The zero-order chi connectivity index (χ0) is 18.3. The number of aromatic nitrogens is 1. The van der Waals surface area contributed by atoms with Gasteiger partial charge < -0.3 is 9.84 Å². The topological polar surface area (TPSA) is 42.4 Å². The highest BCUT2D eigenvalue weighted by atomic mass is 19.2. The van der Waals surface area contributed by atoms with Crippen molar-refractivity contribution in [1.29, 1.82) is 0 Å². The number of nitrogens with zero attached hydrogens (tertiary/aromatic N) is 1. The van der Waals surface area contributed by atoms with Crippen molar-refractivity contribution in [2.24, 2.45) is 0 Å². The fourth-order valence-electron chi connectivity index (χ4n) is 2.27. The maximum atomic E-state index is 14.5. The lowest BCUT2D eigenvalue weighted by Gasteiger charge is -2.22. The Labute approximate surface area is 131 Å². The Kier molecular flexibility index (Phi) is 3.62. The Bertz CT molecular complexity index is 768. The normalized spacial score (nSPS) is 13.5. The van der Waals surface area contributed by atoms with E-state index >= 15 is 0 Å². The molecule has 2 rings (SSSR count). The van der Waals surface area contributed by atoms with Crippen LogP contribution >= 0.6 is 0 Å². The number of hydrogen-bond acceptors (Lipinski definition) is 3. The predicted molar refractivity (Wildman–Crippen MR) is 81.1 cm³/mol. The molecule has 118 valence electrons. The van der Waals surface area contributed by atoms with Crippen molar-refractivity contribution in [3.8, 4) is 22.8 Å². The van der Waals surface area contributed by atoms with Gasteiger partial charge in [-0.3, -0.25) is 0 Å². The summed E-state index contributed by atoms with van der Waals surface area (Å²) in [6.45, 7) is 4.25. The maximum Gasteiger partial charge on any atom is 0.213 e. The second-order valence-electron chi connectivity index (χ2n) is 5.89. The summed E-state index contributed by atoms with van der Waals surface area (Å²) in [6.07, 6.45) is 1.29. The Hall–Kier alpha value is -2.17. The van der Waals surface area contributed by atoms with E-state index in [0.29, 0.717) is 0 Å². The molecule has 0 spiro atoms. The van der Waals surface area contributed by atoms with Gasteiger partial charge in [-0.25, -0.2) is 13.8 Å². The molecule has 0 aliphatic rings. The average Bonchev–Trinajstić information content (AvgIpc) is 2.39. The monoisotopic (exact) mass is 309 g/mol. The van der Waals surface area contributed by atoms with Crippen molar-refractivity contribution in [2.75, 3.05) is 6.56 Å². The smallest absolute Gasteiger partial charge is 0.213 e. The number of hydrogen-bond donors (Lipinski definition) is 1. The van der Waals surface area contributed by atoms with Crippen LogP contribution in [0.15, 0.2) is 24.4 Å². The standard InChI is InChI=1S/C17H19F2NO2/c1-5-22-13-8-10(6-7-20-13)11-9-12(21)14(17(2,3)4)16(19)15(11)18/h6-9,21H,5H2,1-4H3/i5D2. The molecule has 0 atom stereocenters. The third-order valence-electron chi connectivity index (χ3n) is 3.19. The number of phenolic OH excluding ortho intramolecular Hbond substituents is 1. The minimum absolute atomic E-state index is 0.0702. The largest absolute Gasteiger partial charge is 0.508 e. The molecule has 3 nitrogen and oxygen atoms in total. The van der Waals surface area contributed by atoms with E-state index in [0.717, 1.165) is 6.07 Å². The van der Waals surface area contributed by atoms with Crippen LogP contribution in [0.4, 0.5) is 8.78 Å².